The van der Waals surface area contributed by atoms with Crippen LogP contribution in [0.2, 0.25) is 0 Å². The molecule has 0 fully saturated rings. The normalized spacial score (nSPS) is 12.3. The molecule has 1 atom stereocenters. The molecule has 2 N–H and O–H groups in total. The molecule has 1 aromatic rings. The molecule has 0 aliphatic carbocycles. The molecule has 0 amide bonds. The number of ether oxygens (including phenoxy) is 1. The van der Waals surface area contributed by atoms with Crippen LogP contribution in [-0.4, -0.2) is 13.1 Å². The number of benzene rings is 1. The third-order valence-corrected chi connectivity index (χ3v) is 2.72. The van der Waals surface area contributed by atoms with Crippen LogP contribution in [0.3, 0.4) is 0 Å². The lowest BCUT2D eigenvalue weighted by Crippen LogP contribution is -2.18. The Kier molecular flexibility index (Phi) is 4.07. The first kappa shape index (κ1) is 12.7. The highest BCUT2D eigenvalue weighted by molar-refractivity contribution is 5.70. The van der Waals surface area contributed by atoms with E-state index in [1.165, 1.54) is 12.7 Å². The summed E-state index contributed by atoms with van der Waals surface area (Å²) in [5, 5.41) is 0. The van der Waals surface area contributed by atoms with E-state index in [9.17, 15) is 4.79 Å². The Morgan fingerprint density at radius 2 is 1.81 bits per heavy atom. The highest BCUT2D eigenvalue weighted by Gasteiger charge is 2.16. The van der Waals surface area contributed by atoms with Gasteiger partial charge >= 0.3 is 5.97 Å². The molecule has 0 saturated carbocycles. The first-order valence-electron chi connectivity index (χ1n) is 5.36. The Hall–Kier alpha value is -1.35. The predicted molar refractivity (Wildman–Crippen MR) is 64.2 cm³/mol. The smallest absolute Gasteiger partial charge is 0.307 e. The molecule has 0 radical (unpaired) electrons. The zero-order valence-electron chi connectivity index (χ0n) is 10.3. The SMILES string of the molecule is COC(=O)C[C@@H](N)c1c(C)cc(C)cc1C. The van der Waals surface area contributed by atoms with Crippen LogP contribution in [0.1, 0.15) is 34.7 Å². The molecule has 3 nitrogen and oxygen atoms in total. The first-order chi connectivity index (χ1) is 7.45. The van der Waals surface area contributed by atoms with E-state index in [-0.39, 0.29) is 18.4 Å². The van der Waals surface area contributed by atoms with E-state index in [1.54, 1.807) is 0 Å². The lowest BCUT2D eigenvalue weighted by molar-refractivity contribution is -0.141. The molecule has 0 spiro atoms. The van der Waals surface area contributed by atoms with E-state index in [2.05, 4.69) is 23.8 Å². The van der Waals surface area contributed by atoms with E-state index in [1.807, 2.05) is 13.8 Å². The predicted octanol–water partition coefficient (Wildman–Crippen LogP) is 2.17. The van der Waals surface area contributed by atoms with Gasteiger partial charge in [0.15, 0.2) is 0 Å². The molecule has 3 heteroatoms. The number of nitrogens with two attached hydrogens (primary N) is 1. The van der Waals surface area contributed by atoms with Crippen molar-refractivity contribution in [3.05, 3.63) is 34.4 Å². The summed E-state index contributed by atoms with van der Waals surface area (Å²) in [4.78, 5) is 11.2. The Morgan fingerprint density at radius 3 is 2.25 bits per heavy atom. The molecule has 88 valence electrons. The minimum Gasteiger partial charge on any atom is -0.469 e. The van der Waals surface area contributed by atoms with Crippen molar-refractivity contribution in [2.45, 2.75) is 33.2 Å². The Balaban J connectivity index is 2.99. The fourth-order valence-electron chi connectivity index (χ4n) is 2.14. The summed E-state index contributed by atoms with van der Waals surface area (Å²) in [6.45, 7) is 6.09. The molecule has 1 aromatic carbocycles. The van der Waals surface area contributed by atoms with Gasteiger partial charge in [-0.25, -0.2) is 0 Å². The Labute approximate surface area is 96.6 Å². The lowest BCUT2D eigenvalue weighted by atomic mass is 9.93. The molecule has 1 rings (SSSR count). The standard InChI is InChI=1S/C13H19NO2/c1-8-5-9(2)13(10(3)6-8)11(14)7-12(15)16-4/h5-6,11H,7,14H2,1-4H3/t11-/m1/s1. The summed E-state index contributed by atoms with van der Waals surface area (Å²) in [7, 11) is 1.38. The van der Waals surface area contributed by atoms with Crippen LogP contribution in [0.15, 0.2) is 12.1 Å². The van der Waals surface area contributed by atoms with Crippen molar-refractivity contribution < 1.29 is 9.53 Å². The average molecular weight is 221 g/mol. The second-order valence-electron chi connectivity index (χ2n) is 4.20. The number of hydrogen-bond donors (Lipinski definition) is 1. The molecule has 0 aromatic heterocycles. The summed E-state index contributed by atoms with van der Waals surface area (Å²) in [5.74, 6) is -0.271. The van der Waals surface area contributed by atoms with Crippen molar-refractivity contribution in [2.75, 3.05) is 7.11 Å². The van der Waals surface area contributed by atoms with Crippen LogP contribution < -0.4 is 5.73 Å². The van der Waals surface area contributed by atoms with Gasteiger partial charge in [0, 0.05) is 6.04 Å². The van der Waals surface area contributed by atoms with Gasteiger partial charge in [0.2, 0.25) is 0 Å². The van der Waals surface area contributed by atoms with E-state index in [0.29, 0.717) is 0 Å². The van der Waals surface area contributed by atoms with Crippen molar-refractivity contribution in [3.8, 4) is 0 Å². The van der Waals surface area contributed by atoms with Crippen LogP contribution in [0, 0.1) is 20.8 Å². The fourth-order valence-corrected chi connectivity index (χ4v) is 2.14. The van der Waals surface area contributed by atoms with Crippen LogP contribution in [0.4, 0.5) is 0 Å². The number of hydrogen-bond acceptors (Lipinski definition) is 3. The van der Waals surface area contributed by atoms with Crippen LogP contribution >= 0.6 is 0 Å². The summed E-state index contributed by atoms with van der Waals surface area (Å²) < 4.78 is 4.63. The molecular weight excluding hydrogens is 202 g/mol. The van der Waals surface area contributed by atoms with E-state index >= 15 is 0 Å². The maximum atomic E-state index is 11.2. The van der Waals surface area contributed by atoms with Gasteiger partial charge < -0.3 is 10.5 Å². The quantitative estimate of drug-likeness (QED) is 0.796. The maximum Gasteiger partial charge on any atom is 0.307 e. The van der Waals surface area contributed by atoms with Crippen molar-refractivity contribution in [3.63, 3.8) is 0 Å². The fraction of sp³-hybridized carbons (Fsp3) is 0.462. The Morgan fingerprint density at radius 1 is 1.31 bits per heavy atom. The van der Waals surface area contributed by atoms with Gasteiger partial charge in [-0.15, -0.1) is 0 Å². The molecule has 0 unspecified atom stereocenters. The zero-order chi connectivity index (χ0) is 12.3. The molecule has 0 heterocycles. The van der Waals surface area contributed by atoms with Crippen molar-refractivity contribution >= 4 is 5.97 Å². The topological polar surface area (TPSA) is 52.3 Å². The number of aryl methyl sites for hydroxylation is 3. The van der Waals surface area contributed by atoms with Gasteiger partial charge in [0.05, 0.1) is 13.5 Å². The zero-order valence-corrected chi connectivity index (χ0v) is 10.3. The lowest BCUT2D eigenvalue weighted by Gasteiger charge is -2.17. The molecule has 0 aliphatic rings. The van der Waals surface area contributed by atoms with Gasteiger partial charge in [0.1, 0.15) is 0 Å². The largest absolute Gasteiger partial charge is 0.469 e. The Bertz CT molecular complexity index is 376. The first-order valence-corrected chi connectivity index (χ1v) is 5.36. The molecule has 16 heavy (non-hydrogen) atoms. The summed E-state index contributed by atoms with van der Waals surface area (Å²) >= 11 is 0. The highest BCUT2D eigenvalue weighted by atomic mass is 16.5. The van der Waals surface area contributed by atoms with E-state index < -0.39 is 0 Å². The average Bonchev–Trinajstić information content (AvgIpc) is 2.15. The minimum atomic E-state index is -0.284. The summed E-state index contributed by atoms with van der Waals surface area (Å²) in [5.41, 5.74) is 10.6. The maximum absolute atomic E-state index is 11.2. The number of carbonyl (C=O) groups excluding carboxylic acids is 1. The van der Waals surface area contributed by atoms with E-state index in [0.717, 1.165) is 16.7 Å². The summed E-state index contributed by atoms with van der Waals surface area (Å²) in [6.07, 6.45) is 0.223. The minimum absolute atomic E-state index is 0.223. The molecule has 0 saturated heterocycles. The second kappa shape index (κ2) is 5.12. The number of methoxy groups -OCH3 is 1. The molecular formula is C13H19NO2. The van der Waals surface area contributed by atoms with Crippen molar-refractivity contribution in [1.82, 2.24) is 0 Å². The van der Waals surface area contributed by atoms with Gasteiger partial charge in [0.25, 0.3) is 0 Å². The highest BCUT2D eigenvalue weighted by Crippen LogP contribution is 2.24. The monoisotopic (exact) mass is 221 g/mol. The van der Waals surface area contributed by atoms with Gasteiger partial charge in [-0.3, -0.25) is 4.79 Å². The van der Waals surface area contributed by atoms with Gasteiger partial charge in [-0.05, 0) is 37.5 Å². The third-order valence-electron chi connectivity index (χ3n) is 2.72. The van der Waals surface area contributed by atoms with E-state index in [4.69, 9.17) is 5.73 Å². The van der Waals surface area contributed by atoms with Crippen molar-refractivity contribution in [1.29, 1.82) is 0 Å². The number of rotatable bonds is 3. The van der Waals surface area contributed by atoms with Crippen LogP contribution in [0.25, 0.3) is 0 Å². The number of carbonyl (C=O) groups is 1. The van der Waals surface area contributed by atoms with Crippen LogP contribution in [0.5, 0.6) is 0 Å². The van der Waals surface area contributed by atoms with Crippen molar-refractivity contribution in [2.24, 2.45) is 5.73 Å². The van der Waals surface area contributed by atoms with Gasteiger partial charge in [-0.2, -0.15) is 0 Å². The summed E-state index contributed by atoms with van der Waals surface area (Å²) in [6, 6.07) is 3.88. The van der Waals surface area contributed by atoms with Crippen LogP contribution in [-0.2, 0) is 9.53 Å². The molecule has 0 bridgehead atoms. The van der Waals surface area contributed by atoms with Gasteiger partial charge in [-0.1, -0.05) is 17.7 Å². The number of esters is 1. The second-order valence-corrected chi connectivity index (χ2v) is 4.20. The molecule has 0 aliphatic heterocycles. The third kappa shape index (κ3) is 2.83.